The largest absolute Gasteiger partial charge is 0.481 e. The van der Waals surface area contributed by atoms with Crippen LogP contribution in [-0.4, -0.2) is 30.1 Å². The summed E-state index contributed by atoms with van der Waals surface area (Å²) in [7, 11) is 0. The predicted octanol–water partition coefficient (Wildman–Crippen LogP) is 2.25. The molecule has 0 aliphatic heterocycles. The number of carboxylic acids is 1. The Morgan fingerprint density at radius 3 is 2.58 bits per heavy atom. The second-order valence-corrected chi connectivity index (χ2v) is 4.40. The van der Waals surface area contributed by atoms with Crippen LogP contribution in [0.2, 0.25) is 0 Å². The summed E-state index contributed by atoms with van der Waals surface area (Å²) in [6, 6.07) is 5.73. The van der Waals surface area contributed by atoms with Gasteiger partial charge in [0.15, 0.2) is 0 Å². The van der Waals surface area contributed by atoms with E-state index in [1.807, 2.05) is 36.9 Å². The van der Waals surface area contributed by atoms with Gasteiger partial charge in [-0.15, -0.1) is 0 Å². The van der Waals surface area contributed by atoms with Crippen LogP contribution in [0.3, 0.4) is 0 Å². The van der Waals surface area contributed by atoms with Crippen LogP contribution in [0.1, 0.15) is 25.8 Å². The molecule has 0 fully saturated rings. The van der Waals surface area contributed by atoms with Gasteiger partial charge < -0.3 is 15.3 Å². The number of nitrogens with one attached hydrogen (secondary N) is 1. The van der Waals surface area contributed by atoms with E-state index in [-0.39, 0.29) is 12.3 Å². The van der Waals surface area contributed by atoms with E-state index in [1.165, 1.54) is 6.92 Å². The average Bonchev–Trinajstić information content (AvgIpc) is 2.32. The molecule has 5 nitrogen and oxygen atoms in total. The highest BCUT2D eigenvalue weighted by Gasteiger charge is 2.09. The van der Waals surface area contributed by atoms with Crippen LogP contribution < -0.4 is 10.2 Å². The molecule has 0 aliphatic rings. The van der Waals surface area contributed by atoms with Crippen molar-refractivity contribution in [1.82, 2.24) is 0 Å². The molecular weight excluding hydrogens is 244 g/mol. The first kappa shape index (κ1) is 15.0. The smallest absolute Gasteiger partial charge is 0.305 e. The van der Waals surface area contributed by atoms with Crippen LogP contribution in [0.4, 0.5) is 11.4 Å². The van der Waals surface area contributed by atoms with Crippen molar-refractivity contribution in [2.45, 2.75) is 27.2 Å². The van der Waals surface area contributed by atoms with Crippen molar-refractivity contribution in [3.63, 3.8) is 0 Å². The Kier molecular flexibility index (Phi) is 5.36. The van der Waals surface area contributed by atoms with E-state index in [0.717, 1.165) is 23.5 Å². The maximum atomic E-state index is 11.1. The molecule has 0 spiro atoms. The number of nitrogens with zero attached hydrogens (tertiary/aromatic N) is 1. The van der Waals surface area contributed by atoms with Gasteiger partial charge in [-0.3, -0.25) is 9.59 Å². The molecule has 5 heteroatoms. The third-order valence-electron chi connectivity index (χ3n) is 2.87. The van der Waals surface area contributed by atoms with Gasteiger partial charge in [-0.05, 0) is 31.5 Å². The van der Waals surface area contributed by atoms with E-state index in [4.69, 9.17) is 5.11 Å². The highest BCUT2D eigenvalue weighted by atomic mass is 16.4. The van der Waals surface area contributed by atoms with Crippen molar-refractivity contribution in [2.75, 3.05) is 23.3 Å². The molecule has 0 aliphatic carbocycles. The first-order valence-corrected chi connectivity index (χ1v) is 6.29. The zero-order chi connectivity index (χ0) is 14.4. The number of hydrogen-bond donors (Lipinski definition) is 2. The topological polar surface area (TPSA) is 69.6 Å². The Morgan fingerprint density at radius 2 is 2.05 bits per heavy atom. The van der Waals surface area contributed by atoms with Crippen molar-refractivity contribution in [3.8, 4) is 0 Å². The lowest BCUT2D eigenvalue weighted by molar-refractivity contribution is -0.136. The van der Waals surface area contributed by atoms with Crippen molar-refractivity contribution in [2.24, 2.45) is 0 Å². The normalized spacial score (nSPS) is 10.1. The lowest BCUT2D eigenvalue weighted by Crippen LogP contribution is -2.25. The van der Waals surface area contributed by atoms with Gasteiger partial charge in [0.05, 0.1) is 6.42 Å². The second kappa shape index (κ2) is 6.78. The monoisotopic (exact) mass is 264 g/mol. The fourth-order valence-electron chi connectivity index (χ4n) is 1.83. The second-order valence-electron chi connectivity index (χ2n) is 4.40. The zero-order valence-corrected chi connectivity index (χ0v) is 11.6. The summed E-state index contributed by atoms with van der Waals surface area (Å²) >= 11 is 0. The van der Waals surface area contributed by atoms with Gasteiger partial charge >= 0.3 is 5.97 Å². The summed E-state index contributed by atoms with van der Waals surface area (Å²) in [4.78, 5) is 23.7. The molecule has 19 heavy (non-hydrogen) atoms. The molecule has 0 saturated carbocycles. The third-order valence-corrected chi connectivity index (χ3v) is 2.87. The molecule has 1 aromatic carbocycles. The fraction of sp³-hybridized carbons (Fsp3) is 0.429. The Hall–Kier alpha value is -2.04. The maximum Gasteiger partial charge on any atom is 0.305 e. The van der Waals surface area contributed by atoms with Gasteiger partial charge in [0.1, 0.15) is 0 Å². The van der Waals surface area contributed by atoms with Gasteiger partial charge in [-0.25, -0.2) is 0 Å². The summed E-state index contributed by atoms with van der Waals surface area (Å²) in [6.07, 6.45) is 0.0944. The van der Waals surface area contributed by atoms with Gasteiger partial charge in [0.25, 0.3) is 0 Å². The zero-order valence-electron chi connectivity index (χ0n) is 11.6. The number of hydrogen-bond acceptors (Lipinski definition) is 3. The van der Waals surface area contributed by atoms with Gasteiger partial charge in [-0.1, -0.05) is 6.07 Å². The number of rotatable bonds is 6. The minimum Gasteiger partial charge on any atom is -0.481 e. The van der Waals surface area contributed by atoms with Crippen LogP contribution in [0.15, 0.2) is 18.2 Å². The first-order chi connectivity index (χ1) is 8.93. The standard InChI is InChI=1S/C14H20N2O3/c1-4-16(8-7-14(18)19)12-6-5-10(2)13(9-12)15-11(3)17/h5-6,9H,4,7-8H2,1-3H3,(H,15,17)(H,18,19). The minimum atomic E-state index is -0.812. The van der Waals surface area contributed by atoms with Crippen LogP contribution in [0.25, 0.3) is 0 Å². The van der Waals surface area contributed by atoms with Gasteiger partial charge in [0.2, 0.25) is 5.91 Å². The molecule has 1 rings (SSSR count). The summed E-state index contributed by atoms with van der Waals surface area (Å²) in [5.74, 6) is -0.929. The first-order valence-electron chi connectivity index (χ1n) is 6.29. The molecule has 1 amide bonds. The minimum absolute atomic E-state index is 0.0944. The van der Waals surface area contributed by atoms with Crippen LogP contribution in [0, 0.1) is 6.92 Å². The molecule has 104 valence electrons. The molecule has 0 unspecified atom stereocenters. The summed E-state index contributed by atoms with van der Waals surface area (Å²) < 4.78 is 0. The van der Waals surface area contributed by atoms with E-state index in [2.05, 4.69) is 5.32 Å². The number of benzene rings is 1. The summed E-state index contributed by atoms with van der Waals surface area (Å²) in [6.45, 7) is 6.53. The lowest BCUT2D eigenvalue weighted by Gasteiger charge is -2.23. The fourth-order valence-corrected chi connectivity index (χ4v) is 1.83. The molecule has 0 bridgehead atoms. The maximum absolute atomic E-state index is 11.1. The Balaban J connectivity index is 2.91. The number of amides is 1. The number of carbonyl (C=O) groups is 2. The number of carboxylic acid groups (broad SMARTS) is 1. The highest BCUT2D eigenvalue weighted by molar-refractivity contribution is 5.90. The molecule has 1 aromatic rings. The summed E-state index contributed by atoms with van der Waals surface area (Å²) in [5.41, 5.74) is 2.66. The van der Waals surface area contributed by atoms with Gasteiger partial charge in [0, 0.05) is 31.4 Å². The lowest BCUT2D eigenvalue weighted by atomic mass is 10.1. The third kappa shape index (κ3) is 4.62. The van der Waals surface area contributed by atoms with Crippen LogP contribution in [0.5, 0.6) is 0 Å². The number of anilines is 2. The Morgan fingerprint density at radius 1 is 1.37 bits per heavy atom. The summed E-state index contributed by atoms with van der Waals surface area (Å²) in [5, 5.41) is 11.5. The number of carbonyl (C=O) groups excluding carboxylic acids is 1. The highest BCUT2D eigenvalue weighted by Crippen LogP contribution is 2.23. The number of aryl methyl sites for hydroxylation is 1. The van der Waals surface area contributed by atoms with E-state index in [0.29, 0.717) is 6.54 Å². The molecule has 0 radical (unpaired) electrons. The van der Waals surface area contributed by atoms with E-state index in [1.54, 1.807) is 0 Å². The van der Waals surface area contributed by atoms with E-state index >= 15 is 0 Å². The van der Waals surface area contributed by atoms with Crippen molar-refractivity contribution in [3.05, 3.63) is 23.8 Å². The molecule has 0 atom stereocenters. The van der Waals surface area contributed by atoms with Crippen LogP contribution >= 0.6 is 0 Å². The molecule has 0 saturated heterocycles. The Labute approximate surface area is 113 Å². The van der Waals surface area contributed by atoms with Crippen molar-refractivity contribution < 1.29 is 14.7 Å². The predicted molar refractivity (Wildman–Crippen MR) is 75.6 cm³/mol. The van der Waals surface area contributed by atoms with Gasteiger partial charge in [-0.2, -0.15) is 0 Å². The SMILES string of the molecule is CCN(CCC(=O)O)c1ccc(C)c(NC(C)=O)c1. The number of aliphatic carboxylic acids is 1. The van der Waals surface area contributed by atoms with Crippen LogP contribution in [-0.2, 0) is 9.59 Å². The molecular formula is C14H20N2O3. The Bertz CT molecular complexity index is 472. The average molecular weight is 264 g/mol. The molecule has 2 N–H and O–H groups in total. The quantitative estimate of drug-likeness (QED) is 0.826. The van der Waals surface area contributed by atoms with Crippen molar-refractivity contribution in [1.29, 1.82) is 0 Å². The van der Waals surface area contributed by atoms with Crippen molar-refractivity contribution >= 4 is 23.3 Å². The van der Waals surface area contributed by atoms with E-state index < -0.39 is 5.97 Å². The molecule has 0 heterocycles. The van der Waals surface area contributed by atoms with E-state index in [9.17, 15) is 9.59 Å². The molecule has 0 aromatic heterocycles.